The fourth-order valence-corrected chi connectivity index (χ4v) is 4.98. The number of nitrogens with zero attached hydrogens (tertiary/aromatic N) is 3. The van der Waals surface area contributed by atoms with Crippen molar-refractivity contribution in [3.63, 3.8) is 0 Å². The van der Waals surface area contributed by atoms with Gasteiger partial charge in [0.25, 0.3) is 5.56 Å². The summed E-state index contributed by atoms with van der Waals surface area (Å²) in [4.78, 5) is 26.6. The number of aryl methyl sites for hydroxylation is 2. The molecule has 7 heteroatoms. The second-order valence-corrected chi connectivity index (χ2v) is 8.42. The predicted octanol–water partition coefficient (Wildman–Crippen LogP) is 4.11. The molecule has 0 spiro atoms. The Kier molecular flexibility index (Phi) is 4.04. The normalized spacial score (nSPS) is 14.7. The van der Waals surface area contributed by atoms with Gasteiger partial charge in [-0.3, -0.25) is 13.9 Å². The molecule has 33 heavy (non-hydrogen) atoms. The molecule has 5 aromatic rings. The van der Waals surface area contributed by atoms with Crippen LogP contribution in [-0.2, 0) is 14.1 Å². The molecule has 0 unspecified atom stereocenters. The highest BCUT2D eigenvalue weighted by atomic mass is 16.3. The molecule has 4 heterocycles. The first kappa shape index (κ1) is 19.4. The first-order valence-electron chi connectivity index (χ1n) is 10.8. The van der Waals surface area contributed by atoms with Crippen LogP contribution in [0.4, 0.5) is 5.69 Å². The van der Waals surface area contributed by atoms with Crippen LogP contribution >= 0.6 is 0 Å². The molecular weight excluding hydrogens is 416 g/mol. The average molecular weight is 438 g/mol. The summed E-state index contributed by atoms with van der Waals surface area (Å²) in [5, 5.41) is 4.08. The van der Waals surface area contributed by atoms with Gasteiger partial charge < -0.3 is 14.3 Å². The highest BCUT2D eigenvalue weighted by Gasteiger charge is 2.36. The lowest BCUT2D eigenvalue weighted by Gasteiger charge is -2.29. The maximum atomic E-state index is 13.6. The van der Waals surface area contributed by atoms with Gasteiger partial charge in [0.2, 0.25) is 0 Å². The molecule has 0 bridgehead atoms. The SMILES string of the molecule is Cc1ccccc1-c1c2c(=O)n(C)c(=O)n(C)c2c2n1-c1ccccc1N[C@H]2c1ccco1. The van der Waals surface area contributed by atoms with Crippen LogP contribution in [0.15, 0.2) is 80.9 Å². The van der Waals surface area contributed by atoms with E-state index in [1.807, 2.05) is 67.6 Å². The monoisotopic (exact) mass is 438 g/mol. The molecule has 6 rings (SSSR count). The molecule has 1 aliphatic rings. The molecule has 7 nitrogen and oxygen atoms in total. The smallest absolute Gasteiger partial charge is 0.331 e. The molecule has 1 aliphatic heterocycles. The quantitative estimate of drug-likeness (QED) is 0.450. The van der Waals surface area contributed by atoms with Gasteiger partial charge in [0.15, 0.2) is 0 Å². The van der Waals surface area contributed by atoms with Crippen molar-refractivity contribution in [2.24, 2.45) is 14.1 Å². The van der Waals surface area contributed by atoms with Crippen LogP contribution in [0.5, 0.6) is 0 Å². The third kappa shape index (κ3) is 2.56. The van der Waals surface area contributed by atoms with E-state index in [0.29, 0.717) is 16.7 Å². The first-order chi connectivity index (χ1) is 16.0. The van der Waals surface area contributed by atoms with Crippen LogP contribution in [0.3, 0.4) is 0 Å². The highest BCUT2D eigenvalue weighted by molar-refractivity contribution is 5.99. The van der Waals surface area contributed by atoms with Gasteiger partial charge in [-0.2, -0.15) is 0 Å². The van der Waals surface area contributed by atoms with Crippen LogP contribution in [0, 0.1) is 6.92 Å². The maximum absolute atomic E-state index is 13.6. The summed E-state index contributed by atoms with van der Waals surface area (Å²) in [6.45, 7) is 2.03. The molecule has 0 amide bonds. The Hall–Kier alpha value is -4.26. The second-order valence-electron chi connectivity index (χ2n) is 8.42. The molecule has 0 saturated carbocycles. The molecule has 164 valence electrons. The molecule has 3 aromatic heterocycles. The molecule has 0 aliphatic carbocycles. The number of hydrogen-bond acceptors (Lipinski definition) is 4. The molecule has 1 N–H and O–H groups in total. The number of hydrogen-bond donors (Lipinski definition) is 1. The van der Waals surface area contributed by atoms with Gasteiger partial charge >= 0.3 is 5.69 Å². The molecule has 2 aromatic carbocycles. The Balaban J connectivity index is 1.91. The van der Waals surface area contributed by atoms with E-state index < -0.39 is 0 Å². The predicted molar refractivity (Wildman–Crippen MR) is 128 cm³/mol. The van der Waals surface area contributed by atoms with Crippen molar-refractivity contribution in [2.45, 2.75) is 13.0 Å². The number of furan rings is 1. The Labute approximate surface area is 189 Å². The van der Waals surface area contributed by atoms with Crippen molar-refractivity contribution in [1.82, 2.24) is 13.7 Å². The zero-order valence-corrected chi connectivity index (χ0v) is 18.5. The third-order valence-electron chi connectivity index (χ3n) is 6.55. The lowest BCUT2D eigenvalue weighted by molar-refractivity contribution is 0.492. The van der Waals surface area contributed by atoms with E-state index in [1.165, 1.54) is 11.6 Å². The van der Waals surface area contributed by atoms with Gasteiger partial charge in [-0.25, -0.2) is 4.79 Å². The summed E-state index contributed by atoms with van der Waals surface area (Å²) in [5.41, 5.74) is 5.32. The van der Waals surface area contributed by atoms with Crippen LogP contribution in [0.2, 0.25) is 0 Å². The van der Waals surface area contributed by atoms with E-state index in [-0.39, 0.29) is 17.3 Å². The first-order valence-corrected chi connectivity index (χ1v) is 10.8. The summed E-state index contributed by atoms with van der Waals surface area (Å²) in [6, 6.07) is 19.3. The standard InChI is InChI=1S/C26H22N4O3/c1-15-9-4-5-10-16(15)22-20-23(28(2)26(32)29(3)25(20)31)24-21(19-13-8-14-33-19)27-17-11-6-7-12-18(17)30(22)24/h4-14,21,27H,1-3H3/t21-/m0/s1. The second kappa shape index (κ2) is 6.87. The largest absolute Gasteiger partial charge is 0.467 e. The van der Waals surface area contributed by atoms with Gasteiger partial charge in [-0.1, -0.05) is 36.4 Å². The van der Waals surface area contributed by atoms with E-state index in [4.69, 9.17) is 4.42 Å². The van der Waals surface area contributed by atoms with E-state index in [2.05, 4.69) is 9.88 Å². The van der Waals surface area contributed by atoms with Gasteiger partial charge in [-0.05, 0) is 36.8 Å². The third-order valence-corrected chi connectivity index (χ3v) is 6.55. The van der Waals surface area contributed by atoms with E-state index in [9.17, 15) is 9.59 Å². The van der Waals surface area contributed by atoms with Crippen LogP contribution in [0.25, 0.3) is 27.8 Å². The lowest BCUT2D eigenvalue weighted by atomic mass is 10.0. The summed E-state index contributed by atoms with van der Waals surface area (Å²) >= 11 is 0. The molecule has 0 fully saturated rings. The molecular formula is C26H22N4O3. The Morgan fingerprint density at radius 2 is 1.67 bits per heavy atom. The van der Waals surface area contributed by atoms with E-state index in [1.54, 1.807) is 17.9 Å². The van der Waals surface area contributed by atoms with Crippen LogP contribution in [-0.4, -0.2) is 13.7 Å². The fourth-order valence-electron chi connectivity index (χ4n) is 4.98. The number of anilines is 1. The van der Waals surface area contributed by atoms with Crippen molar-refractivity contribution < 1.29 is 4.42 Å². The summed E-state index contributed by atoms with van der Waals surface area (Å²) in [5.74, 6) is 0.703. The van der Waals surface area contributed by atoms with Crippen LogP contribution in [0.1, 0.15) is 23.1 Å². The van der Waals surface area contributed by atoms with Crippen LogP contribution < -0.4 is 16.6 Å². The number of benzene rings is 2. The number of aromatic nitrogens is 3. The minimum atomic E-state index is -0.382. The van der Waals surface area contributed by atoms with E-state index >= 15 is 0 Å². The topological polar surface area (TPSA) is 74.1 Å². The summed E-state index contributed by atoms with van der Waals surface area (Å²) < 4.78 is 10.7. The Morgan fingerprint density at radius 1 is 0.909 bits per heavy atom. The van der Waals surface area contributed by atoms with Crippen molar-refractivity contribution in [3.8, 4) is 16.9 Å². The van der Waals surface area contributed by atoms with Gasteiger partial charge in [-0.15, -0.1) is 0 Å². The maximum Gasteiger partial charge on any atom is 0.331 e. The van der Waals surface area contributed by atoms with Gasteiger partial charge in [0.1, 0.15) is 11.8 Å². The van der Waals surface area contributed by atoms with Crippen molar-refractivity contribution >= 4 is 16.6 Å². The van der Waals surface area contributed by atoms with Crippen molar-refractivity contribution in [2.75, 3.05) is 5.32 Å². The van der Waals surface area contributed by atoms with Crippen molar-refractivity contribution in [1.29, 1.82) is 0 Å². The minimum Gasteiger partial charge on any atom is -0.467 e. The zero-order chi connectivity index (χ0) is 22.9. The molecule has 0 saturated heterocycles. The number of rotatable bonds is 2. The Bertz CT molecular complexity index is 1670. The highest BCUT2D eigenvalue weighted by Crippen LogP contribution is 2.45. The van der Waals surface area contributed by atoms with Crippen molar-refractivity contribution in [3.05, 3.63) is 105 Å². The molecule has 1 atom stereocenters. The lowest BCUT2D eigenvalue weighted by Crippen LogP contribution is -2.37. The fraction of sp³-hybridized carbons (Fsp3) is 0.154. The Morgan fingerprint density at radius 3 is 2.42 bits per heavy atom. The number of fused-ring (bicyclic) bond motifs is 5. The number of nitrogens with one attached hydrogen (secondary N) is 1. The minimum absolute atomic E-state index is 0.316. The zero-order valence-electron chi connectivity index (χ0n) is 18.5. The number of para-hydroxylation sites is 2. The molecule has 0 radical (unpaired) electrons. The van der Waals surface area contributed by atoms with Gasteiger partial charge in [0.05, 0.1) is 39.9 Å². The summed E-state index contributed by atoms with van der Waals surface area (Å²) in [6.07, 6.45) is 1.63. The average Bonchev–Trinajstić information content (AvgIpc) is 3.48. The van der Waals surface area contributed by atoms with Gasteiger partial charge in [0, 0.05) is 19.7 Å². The summed E-state index contributed by atoms with van der Waals surface area (Å²) in [7, 11) is 3.24. The van der Waals surface area contributed by atoms with E-state index in [0.717, 1.165) is 33.9 Å².